The van der Waals surface area contributed by atoms with E-state index in [0.29, 0.717) is 6.92 Å². The second-order valence-electron chi connectivity index (χ2n) is 17.4. The van der Waals surface area contributed by atoms with Crippen molar-refractivity contribution >= 4 is 78.9 Å². The number of aromatic hydroxyl groups is 21. The van der Waals surface area contributed by atoms with Crippen LogP contribution in [0, 0.1) is 0 Å². The number of furan rings is 1. The molecule has 11 rings (SSSR count). The smallest absolute Gasteiger partial charge is 0.235 e. The van der Waals surface area contributed by atoms with Gasteiger partial charge in [-0.25, -0.2) is 0 Å². The van der Waals surface area contributed by atoms with E-state index in [1.807, 2.05) is 0 Å². The van der Waals surface area contributed by atoms with Crippen LogP contribution in [0.2, 0.25) is 0 Å². The van der Waals surface area contributed by atoms with Crippen LogP contribution in [0.3, 0.4) is 0 Å². The summed E-state index contributed by atoms with van der Waals surface area (Å²) in [5, 5.41) is 262. The number of hydrogen-bond donors (Lipinski definition) is 24. The zero-order valence-corrected chi connectivity index (χ0v) is 38.3. The largest absolute Gasteiger partial charge is 0.512 e. The van der Waals surface area contributed by atoms with Gasteiger partial charge in [-0.05, 0) is 12.4 Å². The first kappa shape index (κ1) is 49.2. The Morgan fingerprint density at radius 1 is 0.316 bits per heavy atom. The second-order valence-corrected chi connectivity index (χ2v) is 17.4. The Kier molecular flexibility index (Phi) is 9.65. The molecule has 2 aliphatic rings. The third kappa shape index (κ3) is 5.68. The third-order valence-electron chi connectivity index (χ3n) is 13.4. The van der Waals surface area contributed by atoms with E-state index in [-0.39, 0.29) is 0 Å². The number of ketones is 1. The first-order valence-electron chi connectivity index (χ1n) is 21.4. The lowest BCUT2D eigenvalue weighted by Crippen LogP contribution is -2.13. The first-order valence-corrected chi connectivity index (χ1v) is 21.4. The lowest BCUT2D eigenvalue weighted by atomic mass is 9.81. The summed E-state index contributed by atoms with van der Waals surface area (Å²) in [7, 11) is 5.92. The minimum absolute atomic E-state index is 0.622. The van der Waals surface area contributed by atoms with Gasteiger partial charge >= 0.3 is 0 Å². The Morgan fingerprint density at radius 3 is 1.24 bits per heavy atom. The lowest BCUT2D eigenvalue weighted by molar-refractivity contribution is -0.101. The summed E-state index contributed by atoms with van der Waals surface area (Å²) >= 11 is 0. The molecule has 0 atom stereocenters. The molecule has 31 heteroatoms. The maximum Gasteiger partial charge on any atom is 0.235 e. The lowest BCUT2D eigenvalue weighted by Gasteiger charge is -2.23. The molecule has 0 saturated heterocycles. The van der Waals surface area contributed by atoms with Crippen molar-refractivity contribution in [1.29, 1.82) is 0 Å². The number of allylic oxidation sites excluding steroid dienone is 3. The fraction of sp³-hybridized carbons (Fsp3) is 0.0208. The highest BCUT2D eigenvalue weighted by Crippen LogP contribution is 2.68. The van der Waals surface area contributed by atoms with Gasteiger partial charge in [0.1, 0.15) is 25.1 Å². The van der Waals surface area contributed by atoms with E-state index < -0.39 is 265 Å². The number of carbonyl (C=O) groups is 1. The quantitative estimate of drug-likeness (QED) is 0.0129. The summed E-state index contributed by atoms with van der Waals surface area (Å²) in [6.07, 6.45) is 0. The summed E-state index contributed by atoms with van der Waals surface area (Å²) in [6.45, 7) is 0.622. The Balaban J connectivity index is 1.31. The molecular formula is C48H27BO30. The Labute approximate surface area is 430 Å². The molecule has 3 heterocycles. The number of phenols is 21. The number of Topliss-reactive ketones (excluding diaryl/α,β-unsaturated/α-hetero) is 1. The molecule has 8 aromatic carbocycles. The third-order valence-corrected chi connectivity index (χ3v) is 13.4. The summed E-state index contributed by atoms with van der Waals surface area (Å²) in [6, 6.07) is 0. The molecular weight excluding hydrogens is 1070 g/mol. The number of benzene rings is 8. The van der Waals surface area contributed by atoms with Crippen molar-refractivity contribution in [2.45, 2.75) is 6.92 Å². The van der Waals surface area contributed by atoms with Gasteiger partial charge in [0.15, 0.2) is 51.4 Å². The van der Waals surface area contributed by atoms with Gasteiger partial charge in [-0.3, -0.25) is 24.3 Å². The Morgan fingerprint density at radius 2 is 0.696 bits per heavy atom. The monoisotopic (exact) mass is 1090 g/mol. The zero-order valence-electron chi connectivity index (χ0n) is 38.3. The van der Waals surface area contributed by atoms with Gasteiger partial charge < -0.3 is 127 Å². The van der Waals surface area contributed by atoms with E-state index in [1.165, 1.54) is 0 Å². The molecule has 0 fully saturated rings. The molecule has 30 nitrogen and oxygen atoms in total. The molecule has 2 aliphatic heterocycles. The summed E-state index contributed by atoms with van der Waals surface area (Å²) in [4.78, 5) is 35.7. The predicted molar refractivity (Wildman–Crippen MR) is 258 cm³/mol. The highest BCUT2D eigenvalue weighted by atomic mass is 17.2. The maximum absolute atomic E-state index is 14.9. The van der Waals surface area contributed by atoms with Gasteiger partial charge in [0.2, 0.25) is 109 Å². The second kappa shape index (κ2) is 15.5. The maximum atomic E-state index is 14.9. The average Bonchev–Trinajstić information content (AvgIpc) is 2.99. The van der Waals surface area contributed by atoms with Crippen LogP contribution in [0.5, 0.6) is 144 Å². The van der Waals surface area contributed by atoms with Crippen molar-refractivity contribution < 1.29 is 151 Å². The van der Waals surface area contributed by atoms with Crippen LogP contribution >= 0.6 is 0 Å². The van der Waals surface area contributed by atoms with Crippen molar-refractivity contribution in [3.05, 3.63) is 28.4 Å². The van der Waals surface area contributed by atoms with Gasteiger partial charge in [-0.15, -0.1) is 0 Å². The first-order chi connectivity index (χ1) is 37.0. The van der Waals surface area contributed by atoms with Gasteiger partial charge in [-0.2, -0.15) is 0 Å². The van der Waals surface area contributed by atoms with Gasteiger partial charge in [0.05, 0.1) is 32.9 Å². The highest BCUT2D eigenvalue weighted by Gasteiger charge is 2.44. The minimum atomic E-state index is -2.24. The molecule has 9 aromatic rings. The fourth-order valence-corrected chi connectivity index (χ4v) is 9.83. The van der Waals surface area contributed by atoms with Crippen LogP contribution in [0.1, 0.15) is 22.8 Å². The van der Waals surface area contributed by atoms with Crippen molar-refractivity contribution in [2.24, 2.45) is 0 Å². The molecule has 0 bridgehead atoms. The molecule has 1 aromatic heterocycles. The topological polar surface area (TPSA) is 553 Å². The Hall–Kier alpha value is -12.0. The van der Waals surface area contributed by atoms with Crippen molar-refractivity contribution in [2.75, 3.05) is 0 Å². The van der Waals surface area contributed by atoms with E-state index in [0.717, 1.165) is 0 Å². The number of carbonyl (C=O) groups excluding carboxylic acids is 1. The number of hydrogen-bond acceptors (Lipinski definition) is 30. The number of phenolic OH excluding ortho intramolecular Hbond substituents is 21. The highest BCUT2D eigenvalue weighted by molar-refractivity contribution is 6.40. The van der Waals surface area contributed by atoms with E-state index in [4.69, 9.17) is 31.8 Å². The average molecular weight is 1090 g/mol. The van der Waals surface area contributed by atoms with Gasteiger partial charge in [0.25, 0.3) is 0 Å². The summed E-state index contributed by atoms with van der Waals surface area (Å²) in [5.41, 5.74) is -12.1. The fourth-order valence-electron chi connectivity index (χ4n) is 9.83. The zero-order chi connectivity index (χ0) is 57.7. The molecule has 402 valence electrons. The Bertz CT molecular complexity index is 4560. The molecule has 0 saturated carbocycles. The van der Waals surface area contributed by atoms with Gasteiger partial charge in [0, 0.05) is 49.2 Å². The number of aliphatic hydroxyl groups excluding tert-OH is 3. The van der Waals surface area contributed by atoms with Crippen molar-refractivity contribution in [3.8, 4) is 166 Å². The molecule has 2 radical (unpaired) electrons. The van der Waals surface area contributed by atoms with E-state index in [1.54, 1.807) is 0 Å². The molecule has 24 N–H and O–H groups in total. The van der Waals surface area contributed by atoms with E-state index in [9.17, 15) is 127 Å². The minimum Gasteiger partial charge on any atom is -0.512 e. The van der Waals surface area contributed by atoms with Crippen LogP contribution in [-0.4, -0.2) is 136 Å². The molecule has 0 spiro atoms. The number of aliphatic hydroxyl groups is 3. The number of fused-ring (bicyclic) bond motifs is 10. The van der Waals surface area contributed by atoms with Gasteiger partial charge in [-0.1, -0.05) is 0 Å². The predicted octanol–water partition coefficient (Wildman–Crippen LogP) is 4.86. The SMILES string of the molecule is [B]c1c(O)c2c3c(c(O)c(O)c(O)c3c1O)OOc1c(O)c(O)c(O)c(C(=O)/C(O)=C(O)\C(=C(/C)O)c3c4c(O)c(O)c(O)c(O)c4c4c5c(c(O)c(O)c(O)c35)OOc3c(O)c(O)c5oc6c(O)c(O)c(O)c(O)c6c5c3-4)c1-2. The summed E-state index contributed by atoms with van der Waals surface area (Å²) in [5.74, 6) is -45.2. The van der Waals surface area contributed by atoms with Crippen molar-refractivity contribution in [3.63, 3.8) is 0 Å². The normalized spacial score (nSPS) is 13.2. The van der Waals surface area contributed by atoms with Crippen LogP contribution < -0.4 is 25.0 Å². The van der Waals surface area contributed by atoms with Crippen LogP contribution in [-0.2, 0) is 0 Å². The molecule has 0 unspecified atom stereocenters. The van der Waals surface area contributed by atoms with Crippen LogP contribution in [0.4, 0.5) is 0 Å². The van der Waals surface area contributed by atoms with Crippen LogP contribution in [0.15, 0.2) is 21.7 Å². The number of rotatable bonds is 4. The standard InChI is InChI=1S/C48H27BO30/c1-2(50)3(21(53)29(61)26(58)16-13-9-12-15(20(52)18(49)19(9)51)25(57)34(66)39(71)47(12)78-79-48(13)40(72)35(67)27(16)59)4-6-7(23(55)31(63)30(62)22(6)54)5-10-8(4)24(56)33(65)38(70)45(10)76-77-46-11(5)14-17-28(60)32(64)36(68)37(69)44(17)75-43(14)41(73)42(46)74/h50-57,59-74H,1H3/b3-2+,29-21-. The van der Waals surface area contributed by atoms with E-state index in [2.05, 4.69) is 0 Å². The van der Waals surface area contributed by atoms with E-state index >= 15 is 0 Å². The van der Waals surface area contributed by atoms with Crippen LogP contribution in [0.25, 0.3) is 82.1 Å². The molecule has 0 amide bonds. The molecule has 0 aliphatic carbocycles. The summed E-state index contributed by atoms with van der Waals surface area (Å²) < 4.78 is 5.53. The molecule has 79 heavy (non-hydrogen) atoms. The van der Waals surface area contributed by atoms with Crippen molar-refractivity contribution in [1.82, 2.24) is 0 Å².